The number of nitrogen functional groups attached to an aromatic ring is 1. The maximum Gasteiger partial charge on any atom is 0.253 e. The number of halogens is 1. The van der Waals surface area contributed by atoms with Crippen LogP contribution in [-0.4, -0.2) is 23.7 Å². The molecule has 1 aromatic rings. The Labute approximate surface area is 96.6 Å². The summed E-state index contributed by atoms with van der Waals surface area (Å²) in [6.07, 6.45) is -0.564. The van der Waals surface area contributed by atoms with Crippen LogP contribution in [0.5, 0.6) is 0 Å². The van der Waals surface area contributed by atoms with Gasteiger partial charge in [-0.25, -0.2) is 0 Å². The van der Waals surface area contributed by atoms with Gasteiger partial charge in [-0.05, 0) is 25.1 Å². The zero-order valence-corrected chi connectivity index (χ0v) is 9.91. The molecule has 0 radical (unpaired) electrons. The van der Waals surface area contributed by atoms with Crippen LogP contribution in [0, 0.1) is 0 Å². The molecule has 4 nitrogen and oxygen atoms in total. The Bertz CT molecular complexity index is 366. The Morgan fingerprint density at radius 1 is 1.67 bits per heavy atom. The summed E-state index contributed by atoms with van der Waals surface area (Å²) in [5.74, 6) is -0.277. The third-order valence-electron chi connectivity index (χ3n) is 1.82. The summed E-state index contributed by atoms with van der Waals surface area (Å²) in [6, 6.07) is 5.04. The maximum atomic E-state index is 11.6. The summed E-state index contributed by atoms with van der Waals surface area (Å²) >= 11 is 3.26. The highest BCUT2D eigenvalue weighted by Gasteiger charge is 2.09. The molecule has 0 saturated carbocycles. The second-order valence-electron chi connectivity index (χ2n) is 3.29. The Hall–Kier alpha value is -1.07. The van der Waals surface area contributed by atoms with Crippen LogP contribution < -0.4 is 11.1 Å². The predicted molar refractivity (Wildman–Crippen MR) is 62.6 cm³/mol. The van der Waals surface area contributed by atoms with E-state index in [0.717, 1.165) is 4.47 Å². The molecule has 0 heterocycles. The van der Waals surface area contributed by atoms with Crippen molar-refractivity contribution in [2.45, 2.75) is 13.0 Å². The van der Waals surface area contributed by atoms with Crippen LogP contribution in [0.25, 0.3) is 0 Å². The van der Waals surface area contributed by atoms with E-state index in [2.05, 4.69) is 21.2 Å². The number of nitrogens with two attached hydrogens (primary N) is 1. The van der Waals surface area contributed by atoms with Crippen molar-refractivity contribution in [1.29, 1.82) is 0 Å². The number of benzene rings is 1. The molecule has 0 saturated heterocycles. The molecule has 82 valence electrons. The Balaban J connectivity index is 2.74. The van der Waals surface area contributed by atoms with Gasteiger partial charge in [-0.1, -0.05) is 15.9 Å². The lowest BCUT2D eigenvalue weighted by Gasteiger charge is -2.09. The third kappa shape index (κ3) is 3.53. The summed E-state index contributed by atoms with van der Waals surface area (Å²) in [4.78, 5) is 11.6. The normalized spacial score (nSPS) is 12.2. The first kappa shape index (κ1) is 12.0. The molecule has 0 aliphatic rings. The SMILES string of the molecule is C[C@H](O)CNC(=O)c1ccc(Br)cc1N. The minimum Gasteiger partial charge on any atom is -0.398 e. The first-order chi connectivity index (χ1) is 7.00. The van der Waals surface area contributed by atoms with Crippen molar-refractivity contribution in [2.75, 3.05) is 12.3 Å². The van der Waals surface area contributed by atoms with Gasteiger partial charge < -0.3 is 16.2 Å². The van der Waals surface area contributed by atoms with Crippen molar-refractivity contribution in [3.05, 3.63) is 28.2 Å². The van der Waals surface area contributed by atoms with E-state index in [1.165, 1.54) is 0 Å². The molecule has 1 atom stereocenters. The van der Waals surface area contributed by atoms with Gasteiger partial charge in [0.15, 0.2) is 0 Å². The molecule has 0 bridgehead atoms. The summed E-state index contributed by atoms with van der Waals surface area (Å²) in [7, 11) is 0. The number of amides is 1. The quantitative estimate of drug-likeness (QED) is 0.723. The van der Waals surface area contributed by atoms with Gasteiger partial charge in [0, 0.05) is 16.7 Å². The second-order valence-corrected chi connectivity index (χ2v) is 4.21. The van der Waals surface area contributed by atoms with Crippen LogP contribution in [0.15, 0.2) is 22.7 Å². The number of carbonyl (C=O) groups is 1. The lowest BCUT2D eigenvalue weighted by Crippen LogP contribution is -2.31. The van der Waals surface area contributed by atoms with Crippen molar-refractivity contribution in [1.82, 2.24) is 5.32 Å². The van der Waals surface area contributed by atoms with Crippen molar-refractivity contribution < 1.29 is 9.90 Å². The van der Waals surface area contributed by atoms with Crippen molar-refractivity contribution in [3.8, 4) is 0 Å². The van der Waals surface area contributed by atoms with Crippen molar-refractivity contribution in [2.24, 2.45) is 0 Å². The molecule has 1 aromatic carbocycles. The van der Waals surface area contributed by atoms with Crippen LogP contribution in [0.4, 0.5) is 5.69 Å². The van der Waals surface area contributed by atoms with E-state index in [1.54, 1.807) is 25.1 Å². The number of nitrogens with one attached hydrogen (secondary N) is 1. The summed E-state index contributed by atoms with van der Waals surface area (Å²) < 4.78 is 0.826. The first-order valence-corrected chi connectivity index (χ1v) is 5.31. The van der Waals surface area contributed by atoms with Gasteiger partial charge in [0.25, 0.3) is 5.91 Å². The summed E-state index contributed by atoms with van der Waals surface area (Å²) in [5.41, 5.74) is 6.50. The summed E-state index contributed by atoms with van der Waals surface area (Å²) in [5, 5.41) is 11.6. The smallest absolute Gasteiger partial charge is 0.253 e. The molecular formula is C10H13BrN2O2. The van der Waals surface area contributed by atoms with Gasteiger partial charge in [0.05, 0.1) is 11.7 Å². The van der Waals surface area contributed by atoms with Crippen LogP contribution in [-0.2, 0) is 0 Å². The van der Waals surface area contributed by atoms with Crippen LogP contribution in [0.2, 0.25) is 0 Å². The van der Waals surface area contributed by atoms with Crippen molar-refractivity contribution >= 4 is 27.5 Å². The number of aliphatic hydroxyl groups excluding tert-OH is 1. The molecule has 0 aliphatic heterocycles. The second kappa shape index (κ2) is 5.14. The topological polar surface area (TPSA) is 75.3 Å². The minimum atomic E-state index is -0.564. The zero-order chi connectivity index (χ0) is 11.4. The highest BCUT2D eigenvalue weighted by molar-refractivity contribution is 9.10. The highest BCUT2D eigenvalue weighted by Crippen LogP contribution is 2.18. The van der Waals surface area contributed by atoms with Gasteiger partial charge in [0.1, 0.15) is 0 Å². The third-order valence-corrected chi connectivity index (χ3v) is 2.31. The molecule has 5 heteroatoms. The minimum absolute atomic E-state index is 0.217. The van der Waals surface area contributed by atoms with Gasteiger partial charge in [-0.15, -0.1) is 0 Å². The number of hydrogen-bond donors (Lipinski definition) is 3. The predicted octanol–water partition coefficient (Wildman–Crippen LogP) is 1.14. The zero-order valence-electron chi connectivity index (χ0n) is 8.33. The lowest BCUT2D eigenvalue weighted by atomic mass is 10.1. The monoisotopic (exact) mass is 272 g/mol. The van der Waals surface area contributed by atoms with E-state index in [1.807, 2.05) is 0 Å². The molecule has 4 N–H and O–H groups in total. The number of anilines is 1. The van der Waals surface area contributed by atoms with E-state index in [-0.39, 0.29) is 12.5 Å². The maximum absolute atomic E-state index is 11.6. The van der Waals surface area contributed by atoms with E-state index in [9.17, 15) is 4.79 Å². The van der Waals surface area contributed by atoms with Gasteiger partial charge in [-0.3, -0.25) is 4.79 Å². The molecule has 1 amide bonds. The number of aliphatic hydroxyl groups is 1. The average Bonchev–Trinajstić information content (AvgIpc) is 2.14. The van der Waals surface area contributed by atoms with Gasteiger partial charge in [0.2, 0.25) is 0 Å². The Morgan fingerprint density at radius 2 is 2.33 bits per heavy atom. The molecule has 0 aromatic heterocycles. The largest absolute Gasteiger partial charge is 0.398 e. The first-order valence-electron chi connectivity index (χ1n) is 4.52. The number of rotatable bonds is 3. The summed E-state index contributed by atoms with van der Waals surface area (Å²) in [6.45, 7) is 1.82. The lowest BCUT2D eigenvalue weighted by molar-refractivity contribution is 0.0925. The standard InChI is InChI=1S/C10H13BrN2O2/c1-6(14)5-13-10(15)8-3-2-7(11)4-9(8)12/h2-4,6,14H,5,12H2,1H3,(H,13,15)/t6-/m0/s1. The Morgan fingerprint density at radius 3 is 2.87 bits per heavy atom. The molecule has 0 spiro atoms. The molecule has 15 heavy (non-hydrogen) atoms. The fraction of sp³-hybridized carbons (Fsp3) is 0.300. The Kier molecular flexibility index (Phi) is 4.11. The van der Waals surface area contributed by atoms with E-state index < -0.39 is 6.10 Å². The molecular weight excluding hydrogens is 260 g/mol. The molecule has 0 aliphatic carbocycles. The van der Waals surface area contributed by atoms with Gasteiger partial charge >= 0.3 is 0 Å². The fourth-order valence-electron chi connectivity index (χ4n) is 1.08. The average molecular weight is 273 g/mol. The molecule has 0 unspecified atom stereocenters. The molecule has 0 fully saturated rings. The van der Waals surface area contributed by atoms with E-state index >= 15 is 0 Å². The number of hydrogen-bond acceptors (Lipinski definition) is 3. The van der Waals surface area contributed by atoms with Gasteiger partial charge in [-0.2, -0.15) is 0 Å². The van der Waals surface area contributed by atoms with Crippen LogP contribution in [0.1, 0.15) is 17.3 Å². The van der Waals surface area contributed by atoms with Crippen LogP contribution >= 0.6 is 15.9 Å². The van der Waals surface area contributed by atoms with E-state index in [4.69, 9.17) is 10.8 Å². The van der Waals surface area contributed by atoms with Crippen LogP contribution in [0.3, 0.4) is 0 Å². The number of carbonyl (C=O) groups excluding carboxylic acids is 1. The highest BCUT2D eigenvalue weighted by atomic mass is 79.9. The molecule has 1 rings (SSSR count). The fourth-order valence-corrected chi connectivity index (χ4v) is 1.45. The van der Waals surface area contributed by atoms with E-state index in [0.29, 0.717) is 11.3 Å². The van der Waals surface area contributed by atoms with Crippen molar-refractivity contribution in [3.63, 3.8) is 0 Å².